The maximum atomic E-state index is 12.3. The average Bonchev–Trinajstić information content (AvgIpc) is 2.63. The summed E-state index contributed by atoms with van der Waals surface area (Å²) >= 11 is 0. The second-order valence-electron chi connectivity index (χ2n) is 5.46. The Morgan fingerprint density at radius 1 is 1.00 bits per heavy atom. The summed E-state index contributed by atoms with van der Waals surface area (Å²) in [5, 5.41) is 10.1. The van der Waals surface area contributed by atoms with Gasteiger partial charge in [-0.3, -0.25) is 0 Å². The number of rotatable bonds is 3. The Labute approximate surface area is 161 Å². The Bertz CT molecular complexity index is 1120. The van der Waals surface area contributed by atoms with Gasteiger partial charge in [0.1, 0.15) is 0 Å². The molecule has 0 unspecified atom stereocenters. The van der Waals surface area contributed by atoms with Crippen LogP contribution in [0.15, 0.2) is 48.5 Å². The number of alkyl halides is 3. The van der Waals surface area contributed by atoms with Crippen molar-refractivity contribution in [1.29, 1.82) is 0 Å². The largest absolute Gasteiger partial charge is 0.741 e. The number of carboxylic acid groups (broad SMARTS) is 1. The van der Waals surface area contributed by atoms with E-state index in [2.05, 4.69) is 4.98 Å². The lowest BCUT2D eigenvalue weighted by atomic mass is 10.0. The maximum Gasteiger partial charge on any atom is 0.485 e. The maximum absolute atomic E-state index is 12.3. The number of halogens is 3. The molecule has 12 heteroatoms. The Kier molecular flexibility index (Phi) is 6.39. The zero-order chi connectivity index (χ0) is 21.8. The molecule has 0 saturated heterocycles. The van der Waals surface area contributed by atoms with Crippen LogP contribution < -0.4 is 4.98 Å². The minimum Gasteiger partial charge on any atom is -0.741 e. The van der Waals surface area contributed by atoms with Gasteiger partial charge in [0, 0.05) is 12.1 Å². The zero-order valence-corrected chi connectivity index (χ0v) is 15.1. The van der Waals surface area contributed by atoms with Gasteiger partial charge in [0.2, 0.25) is 11.0 Å². The van der Waals surface area contributed by atoms with Crippen molar-refractivity contribution in [3.05, 3.63) is 54.1 Å². The van der Waals surface area contributed by atoms with Gasteiger partial charge in [-0.15, -0.1) is 0 Å². The van der Waals surface area contributed by atoms with Crippen LogP contribution in [-0.4, -0.2) is 42.1 Å². The van der Waals surface area contributed by atoms with Crippen LogP contribution in [0.2, 0.25) is 0 Å². The molecule has 2 N–H and O–H groups in total. The third-order valence-corrected chi connectivity index (χ3v) is 4.04. The van der Waals surface area contributed by atoms with E-state index in [9.17, 15) is 22.8 Å². The number of hydrogen-bond donors (Lipinski definition) is 1. The molecule has 8 nitrogen and oxygen atoms in total. The molecule has 0 radical (unpaired) electrons. The fourth-order valence-corrected chi connectivity index (χ4v) is 2.33. The normalized spacial score (nSPS) is 11.6. The summed E-state index contributed by atoms with van der Waals surface area (Å²) in [6.07, 6.45) is 0. The van der Waals surface area contributed by atoms with Gasteiger partial charge in [0.15, 0.2) is 16.7 Å². The van der Waals surface area contributed by atoms with E-state index in [-0.39, 0.29) is 0 Å². The van der Waals surface area contributed by atoms with E-state index >= 15 is 0 Å². The minimum absolute atomic E-state index is 0.376. The number of benzene rings is 2. The van der Waals surface area contributed by atoms with Crippen LogP contribution in [0.4, 0.5) is 13.2 Å². The second kappa shape index (κ2) is 8.41. The molecule has 2 aromatic carbocycles. The first-order valence-electron chi connectivity index (χ1n) is 7.65. The molecule has 0 aliphatic carbocycles. The van der Waals surface area contributed by atoms with Crippen molar-refractivity contribution in [1.82, 2.24) is 0 Å². The van der Waals surface area contributed by atoms with Gasteiger partial charge >= 0.3 is 17.4 Å². The van der Waals surface area contributed by atoms with Crippen molar-refractivity contribution in [2.24, 2.45) is 0 Å². The average molecular weight is 431 g/mol. The molecule has 0 amide bonds. The van der Waals surface area contributed by atoms with Crippen molar-refractivity contribution < 1.29 is 50.6 Å². The highest BCUT2D eigenvalue weighted by atomic mass is 32.2. The van der Waals surface area contributed by atoms with Crippen molar-refractivity contribution in [2.75, 3.05) is 6.61 Å². The van der Waals surface area contributed by atoms with Crippen molar-refractivity contribution in [2.45, 2.75) is 5.51 Å². The highest BCUT2D eigenvalue weighted by Crippen LogP contribution is 2.24. The van der Waals surface area contributed by atoms with Gasteiger partial charge in [-0.25, -0.2) is 23.0 Å². The smallest absolute Gasteiger partial charge is 0.485 e. The highest BCUT2D eigenvalue weighted by Gasteiger charge is 2.36. The molecule has 0 fully saturated rings. The molecular weight excluding hydrogens is 419 g/mol. The lowest BCUT2D eigenvalue weighted by Crippen LogP contribution is -2.21. The number of nitrogens with one attached hydrogen (secondary N) is 1. The topological polar surface area (TPSA) is 135 Å². The zero-order valence-electron chi connectivity index (χ0n) is 14.3. The molecule has 1 heterocycles. The van der Waals surface area contributed by atoms with Crippen LogP contribution >= 0.6 is 0 Å². The van der Waals surface area contributed by atoms with Crippen LogP contribution in [0.1, 0.15) is 10.4 Å². The molecule has 154 valence electrons. The number of H-pyrrole nitrogens is 1. The van der Waals surface area contributed by atoms with E-state index in [0.717, 1.165) is 11.0 Å². The summed E-state index contributed by atoms with van der Waals surface area (Å²) in [4.78, 5) is 26.1. The number of aromatic nitrogens is 1. The lowest BCUT2D eigenvalue weighted by molar-refractivity contribution is -0.310. The molecule has 29 heavy (non-hydrogen) atoms. The van der Waals surface area contributed by atoms with Crippen molar-refractivity contribution in [3.8, 4) is 0 Å². The van der Waals surface area contributed by atoms with Gasteiger partial charge < -0.3 is 14.4 Å². The van der Waals surface area contributed by atoms with E-state index < -0.39 is 34.2 Å². The van der Waals surface area contributed by atoms with Crippen molar-refractivity contribution >= 4 is 43.9 Å². The van der Waals surface area contributed by atoms with Gasteiger partial charge in [-0.05, 0) is 12.1 Å². The number of carbonyl (C=O) groups excluding carboxylic acids is 1. The minimum atomic E-state index is -6.09. The predicted molar refractivity (Wildman–Crippen MR) is 91.7 cm³/mol. The number of para-hydroxylation sites is 2. The molecule has 3 rings (SSSR count). The van der Waals surface area contributed by atoms with Gasteiger partial charge in [0.05, 0.1) is 16.3 Å². The summed E-state index contributed by atoms with van der Waals surface area (Å²) in [5.41, 5.74) is -3.69. The molecule has 0 aliphatic heterocycles. The first-order valence-corrected chi connectivity index (χ1v) is 9.06. The first-order chi connectivity index (χ1) is 13.4. The number of carbonyl (C=O) groups is 2. The second-order valence-corrected chi connectivity index (χ2v) is 6.83. The summed E-state index contributed by atoms with van der Waals surface area (Å²) in [6, 6.07) is 14.7. The molecule has 0 aliphatic rings. The summed E-state index contributed by atoms with van der Waals surface area (Å²) < 4.78 is 63.8. The quantitative estimate of drug-likeness (QED) is 0.290. The molecule has 0 bridgehead atoms. The third kappa shape index (κ3) is 5.39. The lowest BCUT2D eigenvalue weighted by Gasteiger charge is -2.08. The molecule has 0 atom stereocenters. The van der Waals surface area contributed by atoms with Crippen LogP contribution in [0, 0.1) is 0 Å². The Hall–Kier alpha value is -3.25. The number of fused-ring (bicyclic) bond motifs is 2. The highest BCUT2D eigenvalue weighted by molar-refractivity contribution is 7.86. The molecule has 0 saturated carbocycles. The predicted octanol–water partition coefficient (Wildman–Crippen LogP) is 2.10. The van der Waals surface area contributed by atoms with E-state index in [0.29, 0.717) is 16.3 Å². The first kappa shape index (κ1) is 22.0. The van der Waals surface area contributed by atoms with Crippen LogP contribution in [0.3, 0.4) is 0 Å². The Morgan fingerprint density at radius 2 is 1.41 bits per heavy atom. The summed E-state index contributed by atoms with van der Waals surface area (Å²) in [6.45, 7) is -0.653. The molecule has 3 aromatic rings. The SMILES string of the molecule is O=C(O)COC(=O)c1c2ccccc2[nH+]c2ccccc12.O=S(=O)([O-])C(F)(F)F. The monoisotopic (exact) mass is 431 g/mol. The van der Waals surface area contributed by atoms with Crippen LogP contribution in [0.5, 0.6) is 0 Å². The number of aromatic amines is 1. The van der Waals surface area contributed by atoms with E-state index in [1.807, 2.05) is 36.4 Å². The fraction of sp³-hybridized carbons (Fsp3) is 0.118. The summed E-state index contributed by atoms with van der Waals surface area (Å²) in [5.74, 6) is -1.82. The van der Waals surface area contributed by atoms with Gasteiger partial charge in [-0.1, -0.05) is 24.3 Å². The fourth-order valence-electron chi connectivity index (χ4n) is 2.33. The van der Waals surface area contributed by atoms with Crippen LogP contribution in [-0.2, 0) is 19.6 Å². The van der Waals surface area contributed by atoms with E-state index in [4.69, 9.17) is 22.8 Å². The van der Waals surface area contributed by atoms with Gasteiger partial charge in [0.25, 0.3) is 0 Å². The van der Waals surface area contributed by atoms with Gasteiger partial charge in [-0.2, -0.15) is 13.2 Å². The standard InChI is InChI=1S/C16H11NO4.CHF3O3S/c18-14(19)9-21-16(20)15-10-5-1-3-7-12(10)17-13-8-4-2-6-11(13)15;2-1(3,4)8(5,6)7/h1-8H,9H2,(H,18,19);(H,5,6,7). The summed E-state index contributed by atoms with van der Waals surface area (Å²) in [7, 11) is -6.09. The van der Waals surface area contributed by atoms with Crippen LogP contribution in [0.25, 0.3) is 21.8 Å². The number of pyridine rings is 1. The molecular formula is C17H12F3NO7S. The number of carboxylic acids is 1. The number of aliphatic carboxylic acids is 1. The third-order valence-electron chi connectivity index (χ3n) is 3.48. The number of ether oxygens (including phenoxy) is 1. The van der Waals surface area contributed by atoms with E-state index in [1.165, 1.54) is 0 Å². The molecule has 0 spiro atoms. The van der Waals surface area contributed by atoms with E-state index in [1.54, 1.807) is 12.1 Å². The molecule has 1 aromatic heterocycles. The number of hydrogen-bond acceptors (Lipinski definition) is 6. The van der Waals surface area contributed by atoms with Crippen molar-refractivity contribution in [3.63, 3.8) is 0 Å². The number of esters is 1. The Morgan fingerprint density at radius 3 is 1.79 bits per heavy atom. The Balaban J connectivity index is 0.000000321.